The van der Waals surface area contributed by atoms with Gasteiger partial charge >= 0.3 is 5.97 Å². The molecule has 1 aromatic rings. The van der Waals surface area contributed by atoms with E-state index < -0.39 is 16.0 Å². The van der Waals surface area contributed by atoms with Crippen molar-refractivity contribution >= 4 is 31.9 Å². The smallest absolute Gasteiger partial charge is 0.303 e. The van der Waals surface area contributed by atoms with Gasteiger partial charge in [0.15, 0.2) is 0 Å². The molecule has 2 N–H and O–H groups in total. The van der Waals surface area contributed by atoms with Crippen LogP contribution in [0.1, 0.15) is 38.5 Å². The Morgan fingerprint density at radius 3 is 2.81 bits per heavy atom. The first-order chi connectivity index (χ1) is 12.4. The number of unbranched alkanes of at least 4 members (excludes halogenated alkanes) is 1. The normalized spacial score (nSPS) is 28.0. The molecule has 0 aromatic heterocycles. The molecule has 2 bridgehead atoms. The molecule has 0 spiro atoms. The fourth-order valence-electron chi connectivity index (χ4n) is 4.29. The van der Waals surface area contributed by atoms with Crippen LogP contribution in [0, 0.1) is 17.8 Å². The predicted molar refractivity (Wildman–Crippen MR) is 103 cm³/mol. The molecule has 2 aliphatic carbocycles. The highest BCUT2D eigenvalue weighted by molar-refractivity contribution is 9.10. The van der Waals surface area contributed by atoms with Crippen molar-refractivity contribution in [1.82, 2.24) is 4.72 Å². The average Bonchev–Trinajstić information content (AvgIpc) is 3.16. The van der Waals surface area contributed by atoms with Crippen LogP contribution in [-0.2, 0) is 14.8 Å². The van der Waals surface area contributed by atoms with Crippen molar-refractivity contribution in [3.8, 4) is 0 Å². The summed E-state index contributed by atoms with van der Waals surface area (Å²) in [5.41, 5.74) is 0. The summed E-state index contributed by atoms with van der Waals surface area (Å²) in [4.78, 5) is 10.9. The second-order valence-corrected chi connectivity index (χ2v) is 9.86. The van der Waals surface area contributed by atoms with Gasteiger partial charge < -0.3 is 5.11 Å². The molecule has 3 rings (SSSR count). The minimum absolute atomic E-state index is 0.0755. The van der Waals surface area contributed by atoms with Gasteiger partial charge in [0.05, 0.1) is 4.90 Å². The van der Waals surface area contributed by atoms with E-state index >= 15 is 0 Å². The van der Waals surface area contributed by atoms with Gasteiger partial charge in [-0.3, -0.25) is 4.79 Å². The van der Waals surface area contributed by atoms with E-state index in [1.54, 1.807) is 24.3 Å². The molecule has 0 unspecified atom stereocenters. The molecule has 5 nitrogen and oxygen atoms in total. The van der Waals surface area contributed by atoms with Gasteiger partial charge in [-0.2, -0.15) is 0 Å². The number of halogens is 1. The van der Waals surface area contributed by atoms with Gasteiger partial charge in [0, 0.05) is 16.9 Å². The van der Waals surface area contributed by atoms with Crippen molar-refractivity contribution in [3.63, 3.8) is 0 Å². The van der Waals surface area contributed by atoms with Gasteiger partial charge in [0.1, 0.15) is 0 Å². The Morgan fingerprint density at radius 2 is 2.08 bits per heavy atom. The third-order valence-electron chi connectivity index (χ3n) is 5.50. The van der Waals surface area contributed by atoms with Gasteiger partial charge in [0.25, 0.3) is 0 Å². The summed E-state index contributed by atoms with van der Waals surface area (Å²) < 4.78 is 29.3. The van der Waals surface area contributed by atoms with Crippen molar-refractivity contribution in [3.05, 3.63) is 40.9 Å². The minimum Gasteiger partial charge on any atom is -0.481 e. The Kier molecular flexibility index (Phi) is 6.20. The standard InChI is InChI=1S/C19H24BrNO4S/c20-15-5-4-6-16(12-15)26(24,25)21-19-14-10-9-13(11-14)17(19)7-2-1-3-8-18(22)23/h2,4-7,12-14,17,19,21H,1,3,8-11H2,(H,22,23)/b7-2-/t13-,14+,17+,19+/m1/s1. The largest absolute Gasteiger partial charge is 0.481 e. The number of rotatable bonds is 8. The lowest BCUT2D eigenvalue weighted by Crippen LogP contribution is -2.43. The van der Waals surface area contributed by atoms with Gasteiger partial charge in [-0.1, -0.05) is 34.1 Å². The first-order valence-corrected chi connectivity index (χ1v) is 11.3. The maximum atomic E-state index is 12.8. The van der Waals surface area contributed by atoms with Crippen LogP contribution in [0.4, 0.5) is 0 Å². The quantitative estimate of drug-likeness (QED) is 0.472. The number of allylic oxidation sites excluding steroid dienone is 1. The van der Waals surface area contributed by atoms with Crippen LogP contribution < -0.4 is 4.72 Å². The van der Waals surface area contributed by atoms with E-state index in [1.165, 1.54) is 0 Å². The number of aliphatic carboxylic acids is 1. The van der Waals surface area contributed by atoms with Crippen LogP contribution >= 0.6 is 15.9 Å². The third kappa shape index (κ3) is 4.56. The molecule has 0 saturated heterocycles. The number of hydrogen-bond acceptors (Lipinski definition) is 3. The van der Waals surface area contributed by atoms with Crippen LogP contribution in [0.2, 0.25) is 0 Å². The lowest BCUT2D eigenvalue weighted by Gasteiger charge is -2.29. The number of benzene rings is 1. The fraction of sp³-hybridized carbons (Fsp3) is 0.526. The Labute approximate surface area is 163 Å². The molecule has 0 aliphatic heterocycles. The van der Waals surface area contributed by atoms with E-state index in [0.29, 0.717) is 24.7 Å². The zero-order valence-electron chi connectivity index (χ0n) is 14.5. The highest BCUT2D eigenvalue weighted by Gasteiger charge is 2.47. The van der Waals surface area contributed by atoms with E-state index in [1.807, 2.05) is 6.08 Å². The lowest BCUT2D eigenvalue weighted by molar-refractivity contribution is -0.137. The number of carbonyl (C=O) groups is 1. The van der Waals surface area contributed by atoms with E-state index in [9.17, 15) is 13.2 Å². The Morgan fingerprint density at radius 1 is 1.31 bits per heavy atom. The Bertz CT molecular complexity index is 792. The second-order valence-electron chi connectivity index (χ2n) is 7.23. The minimum atomic E-state index is -3.56. The van der Waals surface area contributed by atoms with E-state index in [0.717, 1.165) is 23.7 Å². The van der Waals surface area contributed by atoms with Crippen LogP contribution in [0.3, 0.4) is 0 Å². The molecule has 26 heavy (non-hydrogen) atoms. The molecule has 1 aromatic carbocycles. The van der Waals surface area contributed by atoms with Crippen LogP contribution in [0.15, 0.2) is 45.8 Å². The molecule has 0 heterocycles. The maximum absolute atomic E-state index is 12.8. The van der Waals surface area contributed by atoms with Crippen LogP contribution in [-0.4, -0.2) is 25.5 Å². The third-order valence-corrected chi connectivity index (χ3v) is 7.45. The van der Waals surface area contributed by atoms with Crippen molar-refractivity contribution in [1.29, 1.82) is 0 Å². The maximum Gasteiger partial charge on any atom is 0.303 e. The predicted octanol–water partition coefficient (Wildman–Crippen LogP) is 3.95. The number of fused-ring (bicyclic) bond motifs is 2. The molecule has 2 fully saturated rings. The summed E-state index contributed by atoms with van der Waals surface area (Å²) in [5.74, 6) is 0.319. The average molecular weight is 442 g/mol. The van der Waals surface area contributed by atoms with E-state index in [4.69, 9.17) is 5.11 Å². The molecule has 7 heteroatoms. The first-order valence-electron chi connectivity index (χ1n) is 9.03. The van der Waals surface area contributed by atoms with Gasteiger partial charge in [-0.05, 0) is 68.1 Å². The summed E-state index contributed by atoms with van der Waals surface area (Å²) in [6.07, 6.45) is 8.90. The van der Waals surface area contributed by atoms with Crippen molar-refractivity contribution < 1.29 is 18.3 Å². The zero-order chi connectivity index (χ0) is 18.7. The summed E-state index contributed by atoms with van der Waals surface area (Å²) >= 11 is 3.33. The molecule has 0 amide bonds. The Balaban J connectivity index is 1.69. The summed E-state index contributed by atoms with van der Waals surface area (Å²) in [6.45, 7) is 0. The van der Waals surface area contributed by atoms with Gasteiger partial charge in [-0.15, -0.1) is 0 Å². The number of carboxylic acid groups (broad SMARTS) is 1. The van der Waals surface area contributed by atoms with E-state index in [-0.39, 0.29) is 23.3 Å². The van der Waals surface area contributed by atoms with E-state index in [2.05, 4.69) is 26.7 Å². The molecular weight excluding hydrogens is 418 g/mol. The molecule has 4 atom stereocenters. The van der Waals surface area contributed by atoms with Crippen LogP contribution in [0.25, 0.3) is 0 Å². The molecule has 2 saturated carbocycles. The van der Waals surface area contributed by atoms with Crippen molar-refractivity contribution in [2.75, 3.05) is 0 Å². The summed E-state index contributed by atoms with van der Waals surface area (Å²) in [6, 6.07) is 6.68. The number of sulfonamides is 1. The molecule has 2 aliphatic rings. The lowest BCUT2D eigenvalue weighted by atomic mass is 9.84. The topological polar surface area (TPSA) is 83.5 Å². The van der Waals surface area contributed by atoms with Gasteiger partial charge in [-0.25, -0.2) is 13.1 Å². The fourth-order valence-corrected chi connectivity index (χ4v) is 6.23. The van der Waals surface area contributed by atoms with Crippen molar-refractivity contribution in [2.24, 2.45) is 17.8 Å². The molecular formula is C19H24BrNO4S. The monoisotopic (exact) mass is 441 g/mol. The highest BCUT2D eigenvalue weighted by atomic mass is 79.9. The number of hydrogen-bond donors (Lipinski definition) is 2. The number of carboxylic acids is 1. The van der Waals surface area contributed by atoms with Crippen LogP contribution in [0.5, 0.6) is 0 Å². The summed E-state index contributed by atoms with van der Waals surface area (Å²) in [5, 5.41) is 8.70. The van der Waals surface area contributed by atoms with Gasteiger partial charge in [0.2, 0.25) is 10.0 Å². The highest BCUT2D eigenvalue weighted by Crippen LogP contribution is 2.49. The Hall–Kier alpha value is -1.18. The molecule has 0 radical (unpaired) electrons. The SMILES string of the molecule is O=C(O)CCC/C=C\[C@H]1[C@@H]2CC[C@@H](C2)[C@@H]1NS(=O)(=O)c1cccc(Br)c1. The summed E-state index contributed by atoms with van der Waals surface area (Å²) in [7, 11) is -3.56. The number of nitrogens with one attached hydrogen (secondary N) is 1. The zero-order valence-corrected chi connectivity index (χ0v) is 16.9. The first kappa shape index (κ1) is 19.6. The van der Waals surface area contributed by atoms with Crippen molar-refractivity contribution in [2.45, 2.75) is 49.5 Å². The molecule has 142 valence electrons. The second kappa shape index (κ2) is 8.23.